The van der Waals surface area contributed by atoms with E-state index in [1.807, 2.05) is 0 Å². The zero-order valence-corrected chi connectivity index (χ0v) is 8.69. The number of pyridine rings is 1. The van der Waals surface area contributed by atoms with Crippen LogP contribution in [0.15, 0.2) is 6.07 Å². The fourth-order valence-corrected chi connectivity index (χ4v) is 1.22. The number of aromatic nitrogens is 1. The molecule has 9 heteroatoms. The molecule has 0 radical (unpaired) electrons. The summed E-state index contributed by atoms with van der Waals surface area (Å²) in [5.74, 6) is -0.937. The van der Waals surface area contributed by atoms with Crippen LogP contribution in [0.3, 0.4) is 0 Å². The van der Waals surface area contributed by atoms with Crippen molar-refractivity contribution in [3.63, 3.8) is 0 Å². The predicted octanol–water partition coefficient (Wildman–Crippen LogP) is 3.06. The van der Waals surface area contributed by atoms with E-state index in [4.69, 9.17) is 16.7 Å². The van der Waals surface area contributed by atoms with Gasteiger partial charge in [0.25, 0.3) is 6.43 Å². The van der Waals surface area contributed by atoms with E-state index in [0.717, 1.165) is 0 Å². The van der Waals surface area contributed by atoms with Gasteiger partial charge in [-0.25, -0.2) is 13.8 Å². The normalized spacial score (nSPS) is 12.0. The highest BCUT2D eigenvalue weighted by molar-refractivity contribution is 6.30. The number of nitrogens with zero attached hydrogens (tertiary/aromatic N) is 1. The van der Waals surface area contributed by atoms with Crippen LogP contribution in [0, 0.1) is 0 Å². The van der Waals surface area contributed by atoms with Gasteiger partial charge in [-0.1, -0.05) is 11.6 Å². The highest BCUT2D eigenvalue weighted by Crippen LogP contribution is 2.33. The summed E-state index contributed by atoms with van der Waals surface area (Å²) in [5.41, 5.74) is -1.37. The van der Waals surface area contributed by atoms with E-state index in [2.05, 4.69) is 9.72 Å². The summed E-state index contributed by atoms with van der Waals surface area (Å²) in [6, 6.07) is 0.574. The Kier molecular flexibility index (Phi) is 4.10. The summed E-state index contributed by atoms with van der Waals surface area (Å²) in [5, 5.41) is 7.88. The molecule has 0 spiro atoms. The molecule has 0 unspecified atom stereocenters. The number of halogens is 6. The lowest BCUT2D eigenvalue weighted by Crippen LogP contribution is -2.18. The lowest BCUT2D eigenvalue weighted by atomic mass is 10.2. The van der Waals surface area contributed by atoms with Gasteiger partial charge in [0.1, 0.15) is 5.69 Å². The Balaban J connectivity index is 3.18. The zero-order chi connectivity index (χ0) is 13.2. The molecule has 1 aromatic rings. The van der Waals surface area contributed by atoms with Crippen LogP contribution in [0.4, 0.5) is 22.0 Å². The third-order valence-corrected chi connectivity index (χ3v) is 1.93. The number of hydrogen-bond donors (Lipinski definition) is 1. The van der Waals surface area contributed by atoms with E-state index in [-0.39, 0.29) is 0 Å². The van der Waals surface area contributed by atoms with Crippen LogP contribution in [0.2, 0.25) is 5.15 Å². The summed E-state index contributed by atoms with van der Waals surface area (Å²) in [7, 11) is 0. The van der Waals surface area contributed by atoms with E-state index in [1.165, 1.54) is 0 Å². The lowest BCUT2D eigenvalue weighted by Gasteiger charge is -2.13. The monoisotopic (exact) mass is 277 g/mol. The number of aliphatic hydroxyl groups excluding tert-OH is 1. The first-order chi connectivity index (χ1) is 7.74. The average Bonchev–Trinajstić information content (AvgIpc) is 2.18. The Labute approximate surface area is 96.8 Å². The Morgan fingerprint density at radius 1 is 1.41 bits per heavy atom. The fraction of sp³-hybridized carbons (Fsp3) is 0.375. The second-order valence-electron chi connectivity index (χ2n) is 2.83. The average molecular weight is 278 g/mol. The predicted molar refractivity (Wildman–Crippen MR) is 46.8 cm³/mol. The zero-order valence-electron chi connectivity index (χ0n) is 7.93. The van der Waals surface area contributed by atoms with Crippen molar-refractivity contribution in [1.82, 2.24) is 4.98 Å². The van der Waals surface area contributed by atoms with E-state index < -0.39 is 41.6 Å². The molecule has 0 atom stereocenters. The molecule has 1 N–H and O–H groups in total. The van der Waals surface area contributed by atoms with Crippen molar-refractivity contribution in [2.24, 2.45) is 0 Å². The van der Waals surface area contributed by atoms with Crippen molar-refractivity contribution in [3.05, 3.63) is 22.5 Å². The first kappa shape index (κ1) is 13.9. The maximum Gasteiger partial charge on any atom is 0.573 e. The summed E-state index contributed by atoms with van der Waals surface area (Å²) in [6.07, 6.45) is -8.08. The van der Waals surface area contributed by atoms with Crippen molar-refractivity contribution in [2.75, 3.05) is 0 Å². The molecule has 17 heavy (non-hydrogen) atoms. The van der Waals surface area contributed by atoms with Crippen LogP contribution in [-0.4, -0.2) is 16.5 Å². The Morgan fingerprint density at radius 3 is 2.41 bits per heavy atom. The van der Waals surface area contributed by atoms with E-state index >= 15 is 0 Å². The smallest absolute Gasteiger partial charge is 0.402 e. The van der Waals surface area contributed by atoms with Gasteiger partial charge in [0, 0.05) is 5.56 Å². The van der Waals surface area contributed by atoms with Crippen LogP contribution in [-0.2, 0) is 6.61 Å². The maximum absolute atomic E-state index is 12.4. The van der Waals surface area contributed by atoms with E-state index in [9.17, 15) is 22.0 Å². The highest BCUT2D eigenvalue weighted by Gasteiger charge is 2.33. The molecule has 96 valence electrons. The second-order valence-corrected chi connectivity index (χ2v) is 3.19. The summed E-state index contributed by atoms with van der Waals surface area (Å²) in [4.78, 5) is 3.06. The van der Waals surface area contributed by atoms with Crippen LogP contribution in [0.5, 0.6) is 5.75 Å². The first-order valence-corrected chi connectivity index (χ1v) is 4.46. The van der Waals surface area contributed by atoms with Crippen LogP contribution < -0.4 is 4.74 Å². The summed E-state index contributed by atoms with van der Waals surface area (Å²) in [6.45, 7) is -0.905. The van der Waals surface area contributed by atoms with Crippen LogP contribution in [0.1, 0.15) is 17.7 Å². The quantitative estimate of drug-likeness (QED) is 0.682. The molecule has 0 saturated carbocycles. The number of ether oxygens (including phenoxy) is 1. The Morgan fingerprint density at radius 2 is 2.00 bits per heavy atom. The lowest BCUT2D eigenvalue weighted by molar-refractivity contribution is -0.274. The third kappa shape index (κ3) is 3.67. The van der Waals surface area contributed by atoms with Crippen molar-refractivity contribution >= 4 is 11.6 Å². The standard InChI is InChI=1S/C8H5ClF5NO2/c9-6-4(17-8(12,13)14)1-3(2-16)5(15-6)7(10)11/h1,7,16H,2H2. The van der Waals surface area contributed by atoms with Crippen LogP contribution >= 0.6 is 11.6 Å². The van der Waals surface area contributed by atoms with Gasteiger partial charge in [0.15, 0.2) is 10.9 Å². The molecule has 0 aromatic carbocycles. The Hall–Kier alpha value is -1.15. The first-order valence-electron chi connectivity index (χ1n) is 4.08. The van der Waals surface area contributed by atoms with Crippen molar-refractivity contribution < 1.29 is 31.8 Å². The van der Waals surface area contributed by atoms with Gasteiger partial charge in [-0.05, 0) is 6.07 Å². The molecule has 1 aromatic heterocycles. The summed E-state index contributed by atoms with van der Waals surface area (Å²) < 4.78 is 63.9. The fourth-order valence-electron chi connectivity index (χ4n) is 1.04. The number of aliphatic hydroxyl groups is 1. The van der Waals surface area contributed by atoms with Gasteiger partial charge in [-0.3, -0.25) is 0 Å². The number of rotatable bonds is 3. The van der Waals surface area contributed by atoms with Crippen LogP contribution in [0.25, 0.3) is 0 Å². The molecule has 0 fully saturated rings. The molecule has 0 aliphatic rings. The van der Waals surface area contributed by atoms with Gasteiger partial charge in [-0.2, -0.15) is 0 Å². The molecule has 0 saturated heterocycles. The molecule has 0 aliphatic carbocycles. The maximum atomic E-state index is 12.4. The molecular weight excluding hydrogens is 273 g/mol. The van der Waals surface area contributed by atoms with Gasteiger partial charge < -0.3 is 9.84 Å². The van der Waals surface area contributed by atoms with E-state index in [0.29, 0.717) is 6.07 Å². The number of hydrogen-bond acceptors (Lipinski definition) is 3. The molecule has 0 bridgehead atoms. The topological polar surface area (TPSA) is 42.4 Å². The number of alkyl halides is 5. The Bertz CT molecular complexity index is 410. The molecule has 1 rings (SSSR count). The van der Waals surface area contributed by atoms with E-state index in [1.54, 1.807) is 0 Å². The minimum absolute atomic E-state index is 0.483. The molecule has 0 aliphatic heterocycles. The highest BCUT2D eigenvalue weighted by atomic mass is 35.5. The van der Waals surface area contributed by atoms with Crippen molar-refractivity contribution in [1.29, 1.82) is 0 Å². The van der Waals surface area contributed by atoms with Gasteiger partial charge in [-0.15, -0.1) is 13.2 Å². The second kappa shape index (κ2) is 5.01. The minimum atomic E-state index is -5.02. The van der Waals surface area contributed by atoms with Crippen molar-refractivity contribution in [3.8, 4) is 5.75 Å². The SMILES string of the molecule is OCc1cc(OC(F)(F)F)c(Cl)nc1C(F)F. The van der Waals surface area contributed by atoms with Crippen molar-refractivity contribution in [2.45, 2.75) is 19.4 Å². The van der Waals surface area contributed by atoms with Gasteiger partial charge >= 0.3 is 6.36 Å². The largest absolute Gasteiger partial charge is 0.573 e. The molecule has 1 heterocycles. The summed E-state index contributed by atoms with van der Waals surface area (Å²) >= 11 is 5.26. The molecular formula is C8H5ClF5NO2. The third-order valence-electron chi connectivity index (χ3n) is 1.66. The molecule has 3 nitrogen and oxygen atoms in total. The minimum Gasteiger partial charge on any atom is -0.402 e. The molecule has 0 amide bonds. The van der Waals surface area contributed by atoms with Gasteiger partial charge in [0.2, 0.25) is 0 Å². The van der Waals surface area contributed by atoms with Gasteiger partial charge in [0.05, 0.1) is 6.61 Å².